The predicted octanol–water partition coefficient (Wildman–Crippen LogP) is 4.96. The number of halogens is 1. The summed E-state index contributed by atoms with van der Waals surface area (Å²) in [4.78, 5) is 12.4. The van der Waals surface area contributed by atoms with Crippen molar-refractivity contribution in [3.8, 4) is 6.07 Å². The topological polar surface area (TPSA) is 57.8 Å². The van der Waals surface area contributed by atoms with Crippen LogP contribution in [0.2, 0.25) is 5.02 Å². The second kappa shape index (κ2) is 8.04. The molecule has 2 rings (SSSR count). The minimum atomic E-state index is -0.468. The molecule has 0 saturated heterocycles. The van der Waals surface area contributed by atoms with Crippen LogP contribution in [-0.2, 0) is 11.3 Å². The third-order valence-corrected chi connectivity index (χ3v) is 4.28. The molecule has 1 heterocycles. The van der Waals surface area contributed by atoms with E-state index in [4.69, 9.17) is 11.6 Å². The highest BCUT2D eigenvalue weighted by Crippen LogP contribution is 2.23. The molecule has 130 valence electrons. The van der Waals surface area contributed by atoms with Crippen LogP contribution >= 0.6 is 11.6 Å². The summed E-state index contributed by atoms with van der Waals surface area (Å²) in [5, 5.41) is 12.5. The van der Waals surface area contributed by atoms with Crippen molar-refractivity contribution in [2.24, 2.45) is 5.92 Å². The number of aromatic nitrogens is 1. The van der Waals surface area contributed by atoms with Crippen LogP contribution in [0.15, 0.2) is 35.9 Å². The second-order valence-electron chi connectivity index (χ2n) is 6.43. The van der Waals surface area contributed by atoms with E-state index in [0.717, 1.165) is 23.5 Å². The van der Waals surface area contributed by atoms with Gasteiger partial charge in [0.15, 0.2) is 0 Å². The maximum atomic E-state index is 12.4. The number of nitrogens with one attached hydrogen (secondary N) is 1. The molecule has 2 aromatic rings. The summed E-state index contributed by atoms with van der Waals surface area (Å²) in [5.74, 6) is 0.0462. The molecule has 1 aromatic heterocycles. The fourth-order valence-corrected chi connectivity index (χ4v) is 2.86. The van der Waals surface area contributed by atoms with Crippen LogP contribution in [0.1, 0.15) is 30.8 Å². The number of carbonyl (C=O) groups excluding carboxylic acids is 1. The summed E-state index contributed by atoms with van der Waals surface area (Å²) >= 11 is 6.05. The van der Waals surface area contributed by atoms with Gasteiger partial charge in [0.25, 0.3) is 5.91 Å². The average molecular weight is 356 g/mol. The van der Waals surface area contributed by atoms with Crippen molar-refractivity contribution in [2.75, 3.05) is 5.32 Å². The minimum Gasteiger partial charge on any atom is -0.348 e. The van der Waals surface area contributed by atoms with Crippen molar-refractivity contribution < 1.29 is 4.79 Å². The maximum absolute atomic E-state index is 12.4. The van der Waals surface area contributed by atoms with Gasteiger partial charge in [-0.15, -0.1) is 0 Å². The monoisotopic (exact) mass is 355 g/mol. The highest BCUT2D eigenvalue weighted by Gasteiger charge is 2.14. The molecule has 0 aliphatic rings. The highest BCUT2D eigenvalue weighted by atomic mass is 35.5. The molecule has 1 aromatic carbocycles. The largest absolute Gasteiger partial charge is 0.348 e. The van der Waals surface area contributed by atoms with Crippen molar-refractivity contribution in [2.45, 2.75) is 34.2 Å². The molecule has 25 heavy (non-hydrogen) atoms. The van der Waals surface area contributed by atoms with Crippen LogP contribution in [-0.4, -0.2) is 10.5 Å². The molecule has 0 atom stereocenters. The standard InChI is InChI=1S/C20H22ClN3O/c1-13(2)12-24-14(3)9-16(15(24)4)10-17(11-22)20(25)23-19-8-6-5-7-18(19)21/h5-10,13H,12H2,1-4H3,(H,23,25)/b17-10+. The second-order valence-corrected chi connectivity index (χ2v) is 6.84. The maximum Gasteiger partial charge on any atom is 0.266 e. The predicted molar refractivity (Wildman–Crippen MR) is 102 cm³/mol. The Kier molecular flexibility index (Phi) is 6.06. The molecule has 0 saturated carbocycles. The summed E-state index contributed by atoms with van der Waals surface area (Å²) in [6, 6.07) is 10.9. The van der Waals surface area contributed by atoms with Crippen molar-refractivity contribution in [1.29, 1.82) is 5.26 Å². The molecular formula is C20H22ClN3O. The first-order chi connectivity index (χ1) is 11.8. The molecule has 0 unspecified atom stereocenters. The van der Waals surface area contributed by atoms with Crippen molar-refractivity contribution in [1.82, 2.24) is 4.57 Å². The first kappa shape index (κ1) is 18.8. The summed E-state index contributed by atoms with van der Waals surface area (Å²) in [7, 11) is 0. The Hall–Kier alpha value is -2.51. The van der Waals surface area contributed by atoms with Crippen LogP contribution in [0.25, 0.3) is 6.08 Å². The quantitative estimate of drug-likeness (QED) is 0.608. The van der Waals surface area contributed by atoms with E-state index in [1.54, 1.807) is 30.3 Å². The molecule has 4 nitrogen and oxygen atoms in total. The Balaban J connectivity index is 2.30. The van der Waals surface area contributed by atoms with Crippen LogP contribution in [0.3, 0.4) is 0 Å². The Morgan fingerprint density at radius 1 is 1.36 bits per heavy atom. The van der Waals surface area contributed by atoms with Gasteiger partial charge in [-0.3, -0.25) is 4.79 Å². The average Bonchev–Trinajstić information content (AvgIpc) is 2.81. The smallest absolute Gasteiger partial charge is 0.266 e. The Morgan fingerprint density at radius 3 is 2.64 bits per heavy atom. The zero-order valence-corrected chi connectivity index (χ0v) is 15.7. The van der Waals surface area contributed by atoms with Gasteiger partial charge in [-0.2, -0.15) is 5.26 Å². The van der Waals surface area contributed by atoms with Gasteiger partial charge in [-0.25, -0.2) is 0 Å². The lowest BCUT2D eigenvalue weighted by Crippen LogP contribution is -2.13. The van der Waals surface area contributed by atoms with Gasteiger partial charge < -0.3 is 9.88 Å². The van der Waals surface area contributed by atoms with Crippen molar-refractivity contribution >= 4 is 29.3 Å². The fourth-order valence-electron chi connectivity index (χ4n) is 2.68. The van der Waals surface area contributed by atoms with Crippen LogP contribution in [0.5, 0.6) is 0 Å². The van der Waals surface area contributed by atoms with Gasteiger partial charge in [0, 0.05) is 17.9 Å². The van der Waals surface area contributed by atoms with Crippen molar-refractivity contribution in [3.05, 3.63) is 57.9 Å². The van der Waals surface area contributed by atoms with E-state index in [9.17, 15) is 10.1 Å². The molecule has 0 fully saturated rings. The third kappa shape index (κ3) is 4.52. The molecule has 0 bridgehead atoms. The van der Waals surface area contributed by atoms with Gasteiger partial charge in [0.2, 0.25) is 0 Å². The minimum absolute atomic E-state index is 0.0460. The first-order valence-corrected chi connectivity index (χ1v) is 8.55. The zero-order valence-electron chi connectivity index (χ0n) is 14.9. The number of aryl methyl sites for hydroxylation is 1. The molecule has 1 N–H and O–H groups in total. The number of carbonyl (C=O) groups is 1. The summed E-state index contributed by atoms with van der Waals surface area (Å²) in [6.45, 7) is 9.25. The number of rotatable bonds is 5. The number of hydrogen-bond acceptors (Lipinski definition) is 2. The molecule has 0 aliphatic carbocycles. The fraction of sp³-hybridized carbons (Fsp3) is 0.300. The lowest BCUT2D eigenvalue weighted by atomic mass is 10.1. The summed E-state index contributed by atoms with van der Waals surface area (Å²) < 4.78 is 2.21. The Morgan fingerprint density at radius 2 is 2.04 bits per heavy atom. The van der Waals surface area contributed by atoms with Gasteiger partial charge in [0.1, 0.15) is 11.6 Å². The van der Waals surface area contributed by atoms with E-state index >= 15 is 0 Å². The molecule has 0 spiro atoms. The lowest BCUT2D eigenvalue weighted by molar-refractivity contribution is -0.112. The van der Waals surface area contributed by atoms with Crippen LogP contribution in [0.4, 0.5) is 5.69 Å². The lowest BCUT2D eigenvalue weighted by Gasteiger charge is -2.12. The number of amides is 1. The van der Waals surface area contributed by atoms with Crippen LogP contribution < -0.4 is 5.32 Å². The Labute approximate surface area is 153 Å². The van der Waals surface area contributed by atoms with E-state index in [-0.39, 0.29) is 5.57 Å². The number of anilines is 1. The highest BCUT2D eigenvalue weighted by molar-refractivity contribution is 6.34. The Bertz CT molecular complexity index is 856. The van der Waals surface area contributed by atoms with Gasteiger partial charge in [-0.1, -0.05) is 37.6 Å². The van der Waals surface area contributed by atoms with Gasteiger partial charge in [-0.05, 0) is 49.6 Å². The summed E-state index contributed by atoms with van der Waals surface area (Å²) in [5.41, 5.74) is 3.57. The number of benzene rings is 1. The molecule has 0 aliphatic heterocycles. The number of nitrogens with zero attached hydrogens (tertiary/aromatic N) is 2. The summed E-state index contributed by atoms with van der Waals surface area (Å²) in [6.07, 6.45) is 1.63. The van der Waals surface area contributed by atoms with E-state index in [2.05, 4.69) is 23.7 Å². The number of para-hydroxylation sites is 1. The van der Waals surface area contributed by atoms with Gasteiger partial charge in [0.05, 0.1) is 10.7 Å². The van der Waals surface area contributed by atoms with Crippen molar-refractivity contribution in [3.63, 3.8) is 0 Å². The number of hydrogen-bond donors (Lipinski definition) is 1. The van der Waals surface area contributed by atoms with Crippen LogP contribution in [0, 0.1) is 31.1 Å². The molecule has 1 amide bonds. The number of nitriles is 1. The SMILES string of the molecule is Cc1cc(/C=C(\C#N)C(=O)Nc2ccccc2Cl)c(C)n1CC(C)C. The van der Waals surface area contributed by atoms with E-state index in [1.807, 2.05) is 26.0 Å². The van der Waals surface area contributed by atoms with Gasteiger partial charge >= 0.3 is 0 Å². The normalized spacial score (nSPS) is 11.5. The molecule has 0 radical (unpaired) electrons. The van der Waals surface area contributed by atoms with E-state index < -0.39 is 5.91 Å². The molecule has 5 heteroatoms. The molecular weight excluding hydrogens is 334 g/mol. The van der Waals surface area contributed by atoms with E-state index in [0.29, 0.717) is 16.6 Å². The third-order valence-electron chi connectivity index (χ3n) is 3.95. The van der Waals surface area contributed by atoms with E-state index in [1.165, 1.54) is 0 Å². The zero-order chi connectivity index (χ0) is 18.6. The first-order valence-electron chi connectivity index (χ1n) is 8.18.